The van der Waals surface area contributed by atoms with Gasteiger partial charge in [0.1, 0.15) is 0 Å². The summed E-state index contributed by atoms with van der Waals surface area (Å²) >= 11 is 6.70. The summed E-state index contributed by atoms with van der Waals surface area (Å²) in [5.74, 6) is 0.527. The van der Waals surface area contributed by atoms with Crippen molar-refractivity contribution in [2.45, 2.75) is 25.8 Å². The van der Waals surface area contributed by atoms with Crippen molar-refractivity contribution in [3.05, 3.63) is 26.6 Å². The minimum Gasteiger partial charge on any atom is -0.397 e. The molecule has 1 saturated carbocycles. The Morgan fingerprint density at radius 1 is 1.47 bits per heavy atom. The van der Waals surface area contributed by atoms with Gasteiger partial charge in [0, 0.05) is 15.0 Å². The predicted molar refractivity (Wildman–Crippen MR) is 75.9 cm³/mol. The van der Waals surface area contributed by atoms with Gasteiger partial charge in [0.2, 0.25) is 0 Å². The van der Waals surface area contributed by atoms with E-state index >= 15 is 0 Å². The number of carbonyl (C=O) groups is 1. The molecule has 0 bridgehead atoms. The molecule has 3 nitrogen and oxygen atoms in total. The molecule has 1 aromatic rings. The number of anilines is 1. The van der Waals surface area contributed by atoms with E-state index in [-0.39, 0.29) is 11.9 Å². The molecule has 2 rings (SSSR count). The van der Waals surface area contributed by atoms with Gasteiger partial charge in [-0.1, -0.05) is 15.9 Å². The average molecular weight is 362 g/mol. The number of amides is 1. The second-order valence-electron chi connectivity index (χ2n) is 4.45. The van der Waals surface area contributed by atoms with E-state index in [0.717, 1.165) is 8.95 Å². The maximum atomic E-state index is 12.1. The number of nitrogen functional groups attached to an aromatic ring is 1. The number of nitrogens with one attached hydrogen (secondary N) is 1. The topological polar surface area (TPSA) is 55.1 Å². The monoisotopic (exact) mass is 360 g/mol. The number of hydrogen-bond acceptors (Lipinski definition) is 2. The highest BCUT2D eigenvalue weighted by Gasteiger charge is 2.29. The highest BCUT2D eigenvalue weighted by Crippen LogP contribution is 2.33. The highest BCUT2D eigenvalue weighted by atomic mass is 79.9. The summed E-state index contributed by atoms with van der Waals surface area (Å²) in [5.41, 5.74) is 6.88. The molecule has 1 amide bonds. The Balaban J connectivity index is 2.17. The number of carbonyl (C=O) groups excluding carboxylic acids is 1. The molecule has 1 unspecified atom stereocenters. The largest absolute Gasteiger partial charge is 0.397 e. The van der Waals surface area contributed by atoms with E-state index in [1.165, 1.54) is 12.8 Å². The van der Waals surface area contributed by atoms with Gasteiger partial charge in [-0.3, -0.25) is 4.79 Å². The average Bonchev–Trinajstić information content (AvgIpc) is 3.06. The van der Waals surface area contributed by atoms with E-state index in [1.807, 2.05) is 13.0 Å². The van der Waals surface area contributed by atoms with Crippen molar-refractivity contribution in [1.82, 2.24) is 5.32 Å². The summed E-state index contributed by atoms with van der Waals surface area (Å²) in [4.78, 5) is 12.1. The second kappa shape index (κ2) is 4.98. The lowest BCUT2D eigenvalue weighted by Gasteiger charge is -2.14. The van der Waals surface area contributed by atoms with Crippen LogP contribution in [0.5, 0.6) is 0 Å². The molecule has 1 aromatic carbocycles. The first-order chi connectivity index (χ1) is 7.99. The lowest BCUT2D eigenvalue weighted by atomic mass is 10.1. The van der Waals surface area contributed by atoms with Crippen LogP contribution in [-0.2, 0) is 0 Å². The minimum atomic E-state index is -0.107. The van der Waals surface area contributed by atoms with Crippen LogP contribution < -0.4 is 11.1 Å². The molecule has 0 radical (unpaired) electrons. The Kier molecular flexibility index (Phi) is 3.78. The van der Waals surface area contributed by atoms with Crippen molar-refractivity contribution >= 4 is 43.5 Å². The smallest absolute Gasteiger partial charge is 0.253 e. The van der Waals surface area contributed by atoms with E-state index in [4.69, 9.17) is 5.73 Å². The van der Waals surface area contributed by atoms with E-state index in [9.17, 15) is 4.79 Å². The van der Waals surface area contributed by atoms with Gasteiger partial charge in [-0.15, -0.1) is 0 Å². The molecule has 0 aromatic heterocycles. The fourth-order valence-corrected chi connectivity index (χ4v) is 3.00. The molecule has 0 spiro atoms. The Bertz CT molecular complexity index is 458. The molecule has 1 aliphatic rings. The van der Waals surface area contributed by atoms with Gasteiger partial charge in [-0.05, 0) is 53.7 Å². The number of benzene rings is 1. The van der Waals surface area contributed by atoms with Gasteiger partial charge >= 0.3 is 0 Å². The van der Waals surface area contributed by atoms with Crippen molar-refractivity contribution in [3.8, 4) is 0 Å². The van der Waals surface area contributed by atoms with E-state index in [0.29, 0.717) is 17.2 Å². The fraction of sp³-hybridized carbons (Fsp3) is 0.417. The van der Waals surface area contributed by atoms with Crippen molar-refractivity contribution in [3.63, 3.8) is 0 Å². The summed E-state index contributed by atoms with van der Waals surface area (Å²) in [5, 5.41) is 2.99. The normalized spacial score (nSPS) is 16.6. The molecule has 1 atom stereocenters. The Morgan fingerprint density at radius 2 is 2.12 bits per heavy atom. The summed E-state index contributed by atoms with van der Waals surface area (Å²) in [7, 11) is 0. The fourth-order valence-electron chi connectivity index (χ4n) is 1.77. The second-order valence-corrected chi connectivity index (χ2v) is 6.22. The molecular weight excluding hydrogens is 348 g/mol. The number of hydrogen-bond donors (Lipinski definition) is 2. The van der Waals surface area contributed by atoms with Gasteiger partial charge < -0.3 is 11.1 Å². The van der Waals surface area contributed by atoms with Gasteiger partial charge in [0.15, 0.2) is 0 Å². The molecule has 0 heterocycles. The number of halogens is 2. The Labute approximate surface area is 117 Å². The summed E-state index contributed by atoms with van der Waals surface area (Å²) in [6.07, 6.45) is 2.41. The maximum absolute atomic E-state index is 12.1. The predicted octanol–water partition coefficient (Wildman–Crippen LogP) is 3.32. The highest BCUT2D eigenvalue weighted by molar-refractivity contribution is 9.11. The van der Waals surface area contributed by atoms with E-state index < -0.39 is 0 Å². The van der Waals surface area contributed by atoms with Gasteiger partial charge in [0.25, 0.3) is 5.91 Å². The van der Waals surface area contributed by atoms with Crippen molar-refractivity contribution in [1.29, 1.82) is 0 Å². The Morgan fingerprint density at radius 3 is 2.71 bits per heavy atom. The van der Waals surface area contributed by atoms with Crippen LogP contribution in [-0.4, -0.2) is 11.9 Å². The molecule has 1 aliphatic carbocycles. The van der Waals surface area contributed by atoms with Crippen LogP contribution in [0.2, 0.25) is 0 Å². The first-order valence-corrected chi connectivity index (χ1v) is 7.13. The van der Waals surface area contributed by atoms with Crippen LogP contribution >= 0.6 is 31.9 Å². The lowest BCUT2D eigenvalue weighted by Crippen LogP contribution is -2.34. The Hall–Kier alpha value is -0.550. The SMILES string of the molecule is CC(NC(=O)c1cc(Br)cc(Br)c1N)C1CC1. The molecular formula is C12H14Br2N2O. The number of nitrogens with two attached hydrogens (primary N) is 1. The van der Waals surface area contributed by atoms with Crippen LogP contribution in [0.4, 0.5) is 5.69 Å². The zero-order valence-electron chi connectivity index (χ0n) is 9.47. The van der Waals surface area contributed by atoms with Crippen LogP contribution in [0.3, 0.4) is 0 Å². The minimum absolute atomic E-state index is 0.107. The van der Waals surface area contributed by atoms with Gasteiger partial charge in [-0.2, -0.15) is 0 Å². The third-order valence-electron chi connectivity index (χ3n) is 3.03. The third-order valence-corrected chi connectivity index (χ3v) is 4.14. The maximum Gasteiger partial charge on any atom is 0.253 e. The van der Waals surface area contributed by atoms with Crippen LogP contribution in [0.25, 0.3) is 0 Å². The van der Waals surface area contributed by atoms with Crippen molar-refractivity contribution in [2.24, 2.45) is 5.92 Å². The summed E-state index contributed by atoms with van der Waals surface area (Å²) in [6.45, 7) is 2.04. The number of rotatable bonds is 3. The van der Waals surface area contributed by atoms with Crippen LogP contribution in [0.15, 0.2) is 21.1 Å². The standard InChI is InChI=1S/C12H14Br2N2O/c1-6(7-2-3-7)16-12(17)9-4-8(13)5-10(14)11(9)15/h4-7H,2-3,15H2,1H3,(H,16,17). The molecule has 0 saturated heterocycles. The van der Waals surface area contributed by atoms with Gasteiger partial charge in [0.05, 0.1) is 11.3 Å². The van der Waals surface area contributed by atoms with Crippen molar-refractivity contribution in [2.75, 3.05) is 5.73 Å². The molecule has 5 heteroatoms. The quantitative estimate of drug-likeness (QED) is 0.811. The first-order valence-electron chi connectivity index (χ1n) is 5.54. The molecule has 3 N–H and O–H groups in total. The molecule has 17 heavy (non-hydrogen) atoms. The molecule has 0 aliphatic heterocycles. The third kappa shape index (κ3) is 3.01. The lowest BCUT2D eigenvalue weighted by molar-refractivity contribution is 0.0936. The zero-order chi connectivity index (χ0) is 12.6. The van der Waals surface area contributed by atoms with E-state index in [1.54, 1.807) is 6.07 Å². The van der Waals surface area contributed by atoms with E-state index in [2.05, 4.69) is 37.2 Å². The van der Waals surface area contributed by atoms with Gasteiger partial charge in [-0.25, -0.2) is 0 Å². The van der Waals surface area contributed by atoms with Crippen LogP contribution in [0.1, 0.15) is 30.1 Å². The van der Waals surface area contributed by atoms with Crippen molar-refractivity contribution < 1.29 is 4.79 Å². The summed E-state index contributed by atoms with van der Waals surface area (Å²) in [6, 6.07) is 3.80. The first kappa shape index (κ1) is 12.9. The van der Waals surface area contributed by atoms with Crippen LogP contribution in [0, 0.1) is 5.92 Å². The zero-order valence-corrected chi connectivity index (χ0v) is 12.6. The molecule has 1 fully saturated rings. The summed E-state index contributed by atoms with van der Waals surface area (Å²) < 4.78 is 1.57. The molecule has 92 valence electrons.